The van der Waals surface area contributed by atoms with Crippen LogP contribution in [-0.4, -0.2) is 45.8 Å². The summed E-state index contributed by atoms with van der Waals surface area (Å²) in [7, 11) is 0. The van der Waals surface area contributed by atoms with Crippen LogP contribution in [0.15, 0.2) is 4.52 Å². The Morgan fingerprint density at radius 3 is 2.48 bits per heavy atom. The average Bonchev–Trinajstić information content (AvgIpc) is 3.02. The maximum absolute atomic E-state index is 12.3. The minimum atomic E-state index is -0.146. The van der Waals surface area contributed by atoms with E-state index in [1.54, 1.807) is 0 Å². The molecular weight excluding hydrogens is 294 g/mol. The third-order valence-electron chi connectivity index (χ3n) is 4.95. The van der Waals surface area contributed by atoms with Crippen LogP contribution in [0.1, 0.15) is 65.1 Å². The zero-order valence-electron chi connectivity index (χ0n) is 14.8. The van der Waals surface area contributed by atoms with Gasteiger partial charge in [-0.15, -0.1) is 0 Å². The molecule has 0 saturated carbocycles. The van der Waals surface area contributed by atoms with Gasteiger partial charge in [-0.25, -0.2) is 0 Å². The number of aromatic nitrogens is 2. The molecule has 0 aromatic carbocycles. The van der Waals surface area contributed by atoms with Gasteiger partial charge < -0.3 is 14.5 Å². The van der Waals surface area contributed by atoms with E-state index < -0.39 is 0 Å². The van der Waals surface area contributed by atoms with Gasteiger partial charge in [-0.2, -0.15) is 4.98 Å². The topological polar surface area (TPSA) is 79.5 Å². The summed E-state index contributed by atoms with van der Waals surface area (Å²) in [4.78, 5) is 18.6. The highest BCUT2D eigenvalue weighted by molar-refractivity contribution is 5.76. The van der Waals surface area contributed by atoms with Crippen molar-refractivity contribution in [3.05, 3.63) is 11.7 Å². The predicted octanol–water partition coefficient (Wildman–Crippen LogP) is 2.31. The molecule has 2 heterocycles. The summed E-state index contributed by atoms with van der Waals surface area (Å²) in [6, 6.07) is 0. The van der Waals surface area contributed by atoms with E-state index in [0.717, 1.165) is 32.4 Å². The number of rotatable bonds is 5. The third-order valence-corrected chi connectivity index (χ3v) is 4.95. The number of carbonyl (C=O) groups excluding carboxylic acids is 1. The van der Waals surface area contributed by atoms with Gasteiger partial charge in [-0.3, -0.25) is 4.79 Å². The van der Waals surface area contributed by atoms with E-state index in [1.807, 2.05) is 25.7 Å². The number of nitrogens with zero attached hydrogens (tertiary/aromatic N) is 3. The second kappa shape index (κ2) is 6.99. The molecule has 0 spiro atoms. The van der Waals surface area contributed by atoms with Crippen molar-refractivity contribution in [2.75, 3.05) is 19.7 Å². The Morgan fingerprint density at radius 2 is 2.00 bits per heavy atom. The molecule has 130 valence electrons. The Labute approximate surface area is 138 Å². The lowest BCUT2D eigenvalue weighted by molar-refractivity contribution is -0.134. The van der Waals surface area contributed by atoms with E-state index in [1.165, 1.54) is 0 Å². The van der Waals surface area contributed by atoms with E-state index in [9.17, 15) is 9.90 Å². The van der Waals surface area contributed by atoms with Crippen molar-refractivity contribution < 1.29 is 14.4 Å². The Bertz CT molecular complexity index is 519. The molecule has 0 aliphatic carbocycles. The lowest BCUT2D eigenvalue weighted by Crippen LogP contribution is -2.44. The molecule has 1 aliphatic rings. The van der Waals surface area contributed by atoms with Gasteiger partial charge in [0, 0.05) is 38.0 Å². The number of aryl methyl sites for hydroxylation is 1. The van der Waals surface area contributed by atoms with E-state index in [-0.39, 0.29) is 23.3 Å². The summed E-state index contributed by atoms with van der Waals surface area (Å²) in [5.41, 5.74) is -0.142. The summed E-state index contributed by atoms with van der Waals surface area (Å²) in [6.45, 7) is 9.86. The lowest BCUT2D eigenvalue weighted by Gasteiger charge is -2.40. The van der Waals surface area contributed by atoms with Crippen LogP contribution in [0.2, 0.25) is 0 Å². The summed E-state index contributed by atoms with van der Waals surface area (Å²) in [6.07, 6.45) is 3.59. The smallest absolute Gasteiger partial charge is 0.227 e. The number of aliphatic hydroxyl groups is 1. The fourth-order valence-corrected chi connectivity index (χ4v) is 2.89. The first-order valence-electron chi connectivity index (χ1n) is 8.51. The average molecular weight is 323 g/mol. The van der Waals surface area contributed by atoms with Crippen LogP contribution in [-0.2, 0) is 16.6 Å². The van der Waals surface area contributed by atoms with Gasteiger partial charge in [-0.1, -0.05) is 32.9 Å². The fourth-order valence-electron chi connectivity index (χ4n) is 2.89. The van der Waals surface area contributed by atoms with E-state index >= 15 is 0 Å². The van der Waals surface area contributed by atoms with Gasteiger partial charge in [0.15, 0.2) is 5.82 Å². The molecule has 1 saturated heterocycles. The summed E-state index contributed by atoms with van der Waals surface area (Å²) in [5.74, 6) is 1.33. The molecule has 23 heavy (non-hydrogen) atoms. The zero-order chi connectivity index (χ0) is 17.1. The molecular formula is C17H29N3O3. The molecule has 6 heteroatoms. The number of likely N-dealkylation sites (tertiary alicyclic amines) is 1. The summed E-state index contributed by atoms with van der Waals surface area (Å²) < 4.78 is 5.23. The first-order chi connectivity index (χ1) is 10.8. The summed E-state index contributed by atoms with van der Waals surface area (Å²) >= 11 is 0. The van der Waals surface area contributed by atoms with Crippen LogP contribution >= 0.6 is 0 Å². The quantitative estimate of drug-likeness (QED) is 0.899. The first kappa shape index (κ1) is 17.9. The van der Waals surface area contributed by atoms with Crippen molar-refractivity contribution in [2.24, 2.45) is 5.41 Å². The lowest BCUT2D eigenvalue weighted by atomic mass is 9.77. The highest BCUT2D eigenvalue weighted by Gasteiger charge is 2.33. The summed E-state index contributed by atoms with van der Waals surface area (Å²) in [5, 5.41) is 13.5. The second-order valence-corrected chi connectivity index (χ2v) is 7.65. The predicted molar refractivity (Wildman–Crippen MR) is 86.9 cm³/mol. The molecule has 1 fully saturated rings. The molecule has 1 aromatic heterocycles. The number of aliphatic hydroxyl groups excluding tert-OH is 1. The highest BCUT2D eigenvalue weighted by atomic mass is 16.5. The fraction of sp³-hybridized carbons (Fsp3) is 0.824. The van der Waals surface area contributed by atoms with Gasteiger partial charge >= 0.3 is 0 Å². The molecule has 1 N–H and O–H groups in total. The Kier molecular flexibility index (Phi) is 5.45. The van der Waals surface area contributed by atoms with Gasteiger partial charge in [0.2, 0.25) is 11.8 Å². The monoisotopic (exact) mass is 323 g/mol. The normalized spacial score (nSPS) is 18.2. The minimum Gasteiger partial charge on any atom is -0.396 e. The molecule has 0 radical (unpaired) electrons. The van der Waals surface area contributed by atoms with Crippen molar-refractivity contribution in [2.45, 2.75) is 65.2 Å². The first-order valence-corrected chi connectivity index (χ1v) is 8.51. The standard InChI is InChI=1S/C17H29N3O3/c1-5-17(12-21)8-10-20(11-9-17)14(22)7-6-13-18-15(19-23-13)16(2,3)4/h21H,5-12H2,1-4H3. The van der Waals surface area contributed by atoms with Crippen LogP contribution in [0.5, 0.6) is 0 Å². The maximum Gasteiger partial charge on any atom is 0.227 e. The number of piperidine rings is 1. The largest absolute Gasteiger partial charge is 0.396 e. The number of hydrogen-bond acceptors (Lipinski definition) is 5. The second-order valence-electron chi connectivity index (χ2n) is 7.65. The minimum absolute atomic E-state index is 0.00484. The third kappa shape index (κ3) is 4.31. The van der Waals surface area contributed by atoms with Gasteiger partial charge in [-0.05, 0) is 24.7 Å². The van der Waals surface area contributed by atoms with Crippen molar-refractivity contribution in [1.29, 1.82) is 0 Å². The van der Waals surface area contributed by atoms with Crippen LogP contribution in [0.3, 0.4) is 0 Å². The Hall–Kier alpha value is -1.43. The van der Waals surface area contributed by atoms with Crippen LogP contribution in [0, 0.1) is 5.41 Å². The Balaban J connectivity index is 1.83. The molecule has 0 bridgehead atoms. The molecule has 1 aromatic rings. The Morgan fingerprint density at radius 1 is 1.35 bits per heavy atom. The zero-order valence-corrected chi connectivity index (χ0v) is 14.8. The molecule has 2 rings (SSSR count). The molecule has 0 unspecified atom stereocenters. The SMILES string of the molecule is CCC1(CO)CCN(C(=O)CCc2nc(C(C)(C)C)no2)CC1. The van der Waals surface area contributed by atoms with Crippen LogP contribution in [0.4, 0.5) is 0 Å². The van der Waals surface area contributed by atoms with Gasteiger partial charge in [0.25, 0.3) is 0 Å². The molecule has 0 atom stereocenters. The number of hydrogen-bond donors (Lipinski definition) is 1. The van der Waals surface area contributed by atoms with Crippen LogP contribution in [0.25, 0.3) is 0 Å². The van der Waals surface area contributed by atoms with Gasteiger partial charge in [0.05, 0.1) is 0 Å². The maximum atomic E-state index is 12.3. The number of amides is 1. The van der Waals surface area contributed by atoms with E-state index in [4.69, 9.17) is 4.52 Å². The highest BCUT2D eigenvalue weighted by Crippen LogP contribution is 2.34. The molecule has 1 amide bonds. The van der Waals surface area contributed by atoms with Crippen LogP contribution < -0.4 is 0 Å². The van der Waals surface area contributed by atoms with E-state index in [0.29, 0.717) is 24.6 Å². The van der Waals surface area contributed by atoms with Crippen molar-refractivity contribution >= 4 is 5.91 Å². The number of carbonyl (C=O) groups is 1. The molecule has 1 aliphatic heterocycles. The van der Waals surface area contributed by atoms with Crippen molar-refractivity contribution in [3.63, 3.8) is 0 Å². The van der Waals surface area contributed by atoms with Crippen molar-refractivity contribution in [3.8, 4) is 0 Å². The van der Waals surface area contributed by atoms with Crippen molar-refractivity contribution in [1.82, 2.24) is 15.0 Å². The van der Waals surface area contributed by atoms with Gasteiger partial charge in [0.1, 0.15) is 0 Å². The molecule has 6 nitrogen and oxygen atoms in total. The van der Waals surface area contributed by atoms with E-state index in [2.05, 4.69) is 17.1 Å².